The first-order chi connectivity index (χ1) is 7.28. The third kappa shape index (κ3) is 3.07. The number of pyridine rings is 1. The fraction of sp³-hybridized carbons (Fsp3) is 0.125. The molecule has 0 aliphatic carbocycles. The Kier molecular flexibility index (Phi) is 3.85. The Morgan fingerprint density at radius 3 is 2.73 bits per heavy atom. The van der Waals surface area contributed by atoms with Crippen LogP contribution in [-0.4, -0.2) is 21.4 Å². The van der Waals surface area contributed by atoms with E-state index in [1.54, 1.807) is 29.2 Å². The summed E-state index contributed by atoms with van der Waals surface area (Å²) in [6.45, 7) is 0. The van der Waals surface area contributed by atoms with Crippen LogP contribution >= 0.6 is 46.5 Å². The maximum absolute atomic E-state index is 5.78. The second-order valence-electron chi connectivity index (χ2n) is 2.44. The van der Waals surface area contributed by atoms with Crippen LogP contribution < -0.4 is 0 Å². The summed E-state index contributed by atoms with van der Waals surface area (Å²) in [7, 11) is 0. The molecule has 3 nitrogen and oxygen atoms in total. The van der Waals surface area contributed by atoms with Crippen LogP contribution in [0.2, 0.25) is 5.15 Å². The van der Waals surface area contributed by atoms with Crippen molar-refractivity contribution < 1.29 is 0 Å². The van der Waals surface area contributed by atoms with Gasteiger partial charge in [-0.2, -0.15) is 0 Å². The average molecular weight is 276 g/mol. The van der Waals surface area contributed by atoms with Gasteiger partial charge in [0.15, 0.2) is 8.68 Å². The van der Waals surface area contributed by atoms with Crippen LogP contribution in [0.25, 0.3) is 0 Å². The van der Waals surface area contributed by atoms with E-state index in [0.717, 1.165) is 13.7 Å². The van der Waals surface area contributed by atoms with Gasteiger partial charge >= 0.3 is 0 Å². The zero-order chi connectivity index (χ0) is 10.7. The van der Waals surface area contributed by atoms with Crippen molar-refractivity contribution in [2.24, 2.45) is 0 Å². The van der Waals surface area contributed by atoms with Gasteiger partial charge in [-0.25, -0.2) is 4.98 Å². The van der Waals surface area contributed by atoms with Crippen LogP contribution in [0.4, 0.5) is 0 Å². The Morgan fingerprint density at radius 2 is 2.07 bits per heavy atom. The van der Waals surface area contributed by atoms with E-state index in [0.29, 0.717) is 5.15 Å². The molecule has 2 rings (SSSR count). The molecule has 0 amide bonds. The van der Waals surface area contributed by atoms with Crippen molar-refractivity contribution in [3.63, 3.8) is 0 Å². The molecule has 0 saturated heterocycles. The third-order valence-electron chi connectivity index (χ3n) is 1.44. The van der Waals surface area contributed by atoms with Crippen molar-refractivity contribution in [2.45, 2.75) is 13.7 Å². The summed E-state index contributed by atoms with van der Waals surface area (Å²) in [4.78, 5) is 4.16. The highest BCUT2D eigenvalue weighted by atomic mass is 35.5. The molecule has 0 fully saturated rings. The van der Waals surface area contributed by atoms with E-state index in [1.165, 1.54) is 11.8 Å². The SMILES string of the molecule is CSc1nnc(Sc2cccc(Cl)n2)s1. The number of thioether (sulfide) groups is 1. The Morgan fingerprint density at radius 1 is 1.27 bits per heavy atom. The van der Waals surface area contributed by atoms with Crippen LogP contribution in [0, 0.1) is 0 Å². The molecule has 0 bridgehead atoms. The van der Waals surface area contributed by atoms with Crippen LogP contribution in [0.15, 0.2) is 31.9 Å². The lowest BCUT2D eigenvalue weighted by molar-refractivity contribution is 0.953. The summed E-state index contributed by atoms with van der Waals surface area (Å²) in [5, 5.41) is 9.38. The van der Waals surface area contributed by atoms with Crippen LogP contribution in [0.3, 0.4) is 0 Å². The van der Waals surface area contributed by atoms with Crippen LogP contribution in [-0.2, 0) is 0 Å². The molecule has 0 aliphatic rings. The number of nitrogens with zero attached hydrogens (tertiary/aromatic N) is 3. The van der Waals surface area contributed by atoms with Gasteiger partial charge in [-0.05, 0) is 30.2 Å². The highest BCUT2D eigenvalue weighted by Crippen LogP contribution is 2.31. The topological polar surface area (TPSA) is 38.7 Å². The lowest BCUT2D eigenvalue weighted by atomic mass is 10.5. The summed E-state index contributed by atoms with van der Waals surface area (Å²) < 4.78 is 1.84. The smallest absolute Gasteiger partial charge is 0.181 e. The van der Waals surface area contributed by atoms with E-state index in [-0.39, 0.29) is 0 Å². The minimum absolute atomic E-state index is 0.495. The first-order valence-corrected chi connectivity index (χ1v) is 7.19. The maximum atomic E-state index is 5.78. The molecule has 15 heavy (non-hydrogen) atoms. The fourth-order valence-electron chi connectivity index (χ4n) is 0.857. The molecule has 0 atom stereocenters. The van der Waals surface area contributed by atoms with Gasteiger partial charge in [0, 0.05) is 0 Å². The number of hydrogen-bond acceptors (Lipinski definition) is 6. The summed E-state index contributed by atoms with van der Waals surface area (Å²) in [6, 6.07) is 5.52. The van der Waals surface area contributed by atoms with Crippen LogP contribution in [0.1, 0.15) is 0 Å². The molecule has 78 valence electrons. The highest BCUT2D eigenvalue weighted by Gasteiger charge is 2.06. The second kappa shape index (κ2) is 5.16. The standard InChI is InChI=1S/C8H6ClN3S3/c1-13-7-11-12-8(15-7)14-6-4-2-3-5(9)10-6/h2-4H,1H3. The fourth-order valence-corrected chi connectivity index (χ4v) is 3.45. The Hall–Kier alpha value is -0.300. The zero-order valence-electron chi connectivity index (χ0n) is 7.68. The van der Waals surface area contributed by atoms with Gasteiger partial charge < -0.3 is 0 Å². The van der Waals surface area contributed by atoms with Crippen LogP contribution in [0.5, 0.6) is 0 Å². The summed E-state index contributed by atoms with van der Waals surface area (Å²) in [5.41, 5.74) is 0. The van der Waals surface area contributed by atoms with Gasteiger partial charge in [0.1, 0.15) is 10.2 Å². The molecular weight excluding hydrogens is 270 g/mol. The van der Waals surface area contributed by atoms with E-state index in [2.05, 4.69) is 15.2 Å². The predicted octanol–water partition coefficient (Wildman–Crippen LogP) is 3.46. The highest BCUT2D eigenvalue weighted by molar-refractivity contribution is 8.02. The third-order valence-corrected chi connectivity index (χ3v) is 4.54. The van der Waals surface area contributed by atoms with Crippen molar-refractivity contribution in [1.29, 1.82) is 0 Å². The second-order valence-corrected chi connectivity index (χ2v) is 6.12. The molecule has 0 N–H and O–H groups in total. The summed E-state index contributed by atoms with van der Waals surface area (Å²) in [6.07, 6.45) is 1.98. The average Bonchev–Trinajstić information content (AvgIpc) is 2.65. The molecule has 0 aromatic carbocycles. The van der Waals surface area contributed by atoms with Gasteiger partial charge in [-0.15, -0.1) is 10.2 Å². The van der Waals surface area contributed by atoms with E-state index in [9.17, 15) is 0 Å². The summed E-state index contributed by atoms with van der Waals surface area (Å²) in [5.74, 6) is 0. The van der Waals surface area contributed by atoms with Gasteiger partial charge in [-0.3, -0.25) is 0 Å². The van der Waals surface area contributed by atoms with Gasteiger partial charge in [0.05, 0.1) is 0 Å². The number of aromatic nitrogens is 3. The zero-order valence-corrected chi connectivity index (χ0v) is 10.9. The van der Waals surface area contributed by atoms with Crippen molar-refractivity contribution in [1.82, 2.24) is 15.2 Å². The number of rotatable bonds is 3. The molecule has 2 aromatic heterocycles. The van der Waals surface area contributed by atoms with Crippen molar-refractivity contribution in [3.05, 3.63) is 23.4 Å². The quantitative estimate of drug-likeness (QED) is 0.634. The molecule has 0 aliphatic heterocycles. The molecule has 0 unspecified atom stereocenters. The van der Waals surface area contributed by atoms with Crippen molar-refractivity contribution in [3.8, 4) is 0 Å². The van der Waals surface area contributed by atoms with Gasteiger partial charge in [0.25, 0.3) is 0 Å². The first-order valence-electron chi connectivity index (χ1n) is 3.96. The minimum Gasteiger partial charge on any atom is -0.229 e. The largest absolute Gasteiger partial charge is 0.229 e. The molecule has 0 saturated carbocycles. The lowest BCUT2D eigenvalue weighted by Gasteiger charge is -1.95. The van der Waals surface area contributed by atoms with E-state index < -0.39 is 0 Å². The normalized spacial score (nSPS) is 10.5. The van der Waals surface area contributed by atoms with E-state index in [4.69, 9.17) is 11.6 Å². The predicted molar refractivity (Wildman–Crippen MR) is 65.1 cm³/mol. The molecule has 2 heterocycles. The Bertz CT molecular complexity index is 460. The monoisotopic (exact) mass is 275 g/mol. The molecule has 7 heteroatoms. The summed E-state index contributed by atoms with van der Waals surface area (Å²) >= 11 is 10.4. The van der Waals surface area contributed by atoms with E-state index in [1.807, 2.05) is 18.4 Å². The van der Waals surface area contributed by atoms with Gasteiger partial charge in [0.2, 0.25) is 0 Å². The van der Waals surface area contributed by atoms with Crippen molar-refractivity contribution in [2.75, 3.05) is 6.26 Å². The molecule has 2 aromatic rings. The first kappa shape index (κ1) is 11.2. The minimum atomic E-state index is 0.495. The molecule has 0 radical (unpaired) electrons. The molecular formula is C8H6ClN3S3. The van der Waals surface area contributed by atoms with E-state index >= 15 is 0 Å². The van der Waals surface area contributed by atoms with Gasteiger partial charge in [-0.1, -0.05) is 40.8 Å². The number of hydrogen-bond donors (Lipinski definition) is 0. The Balaban J connectivity index is 2.14. The number of halogens is 1. The lowest BCUT2D eigenvalue weighted by Crippen LogP contribution is -1.79. The van der Waals surface area contributed by atoms with Crippen molar-refractivity contribution >= 4 is 46.5 Å². The Labute approximate surface area is 105 Å². The molecule has 0 spiro atoms. The maximum Gasteiger partial charge on any atom is 0.181 e.